The molecule has 0 saturated carbocycles. The fourth-order valence-corrected chi connectivity index (χ4v) is 2.96. The Morgan fingerprint density at radius 3 is 2.50 bits per heavy atom. The zero-order valence-corrected chi connectivity index (χ0v) is 12.4. The molecule has 0 bridgehead atoms. The Balaban J connectivity index is 1.85. The van der Waals surface area contributed by atoms with Crippen LogP contribution in [0.5, 0.6) is 0 Å². The molecule has 1 aliphatic rings. The highest BCUT2D eigenvalue weighted by Crippen LogP contribution is 2.28. The Kier molecular flexibility index (Phi) is 3.77. The number of hydrogen-bond donors (Lipinski definition) is 1. The first kappa shape index (κ1) is 13.2. The first-order chi connectivity index (χ1) is 9.72. The van der Waals surface area contributed by atoms with Crippen molar-refractivity contribution < 1.29 is 0 Å². The smallest absolute Gasteiger partial charge is 0.0373 e. The van der Waals surface area contributed by atoms with Crippen molar-refractivity contribution in [1.82, 2.24) is 0 Å². The van der Waals surface area contributed by atoms with Gasteiger partial charge in [0.2, 0.25) is 0 Å². The van der Waals surface area contributed by atoms with E-state index in [1.165, 1.54) is 40.8 Å². The van der Waals surface area contributed by atoms with Crippen LogP contribution in [0.1, 0.15) is 31.4 Å². The summed E-state index contributed by atoms with van der Waals surface area (Å²) in [6.45, 7) is 5.64. The first-order valence-electron chi connectivity index (χ1n) is 7.68. The highest BCUT2D eigenvalue weighted by molar-refractivity contribution is 5.69. The van der Waals surface area contributed by atoms with Gasteiger partial charge in [-0.15, -0.1) is 0 Å². The van der Waals surface area contributed by atoms with Gasteiger partial charge in [-0.1, -0.05) is 44.2 Å². The van der Waals surface area contributed by atoms with E-state index in [0.29, 0.717) is 0 Å². The summed E-state index contributed by atoms with van der Waals surface area (Å²) in [6.07, 6.45) is 3.60. The van der Waals surface area contributed by atoms with E-state index < -0.39 is 0 Å². The maximum Gasteiger partial charge on any atom is 0.0373 e. The largest absolute Gasteiger partial charge is 0.385 e. The van der Waals surface area contributed by atoms with Crippen LogP contribution in [0.15, 0.2) is 42.5 Å². The molecule has 104 valence electrons. The van der Waals surface area contributed by atoms with E-state index in [1.807, 2.05) is 0 Å². The summed E-state index contributed by atoms with van der Waals surface area (Å²) in [4.78, 5) is 0. The van der Waals surface area contributed by atoms with Crippen LogP contribution in [0.2, 0.25) is 0 Å². The van der Waals surface area contributed by atoms with E-state index in [1.54, 1.807) is 0 Å². The highest BCUT2D eigenvalue weighted by Gasteiger charge is 2.09. The van der Waals surface area contributed by atoms with E-state index in [9.17, 15) is 0 Å². The number of nitrogens with one attached hydrogen (secondary N) is 1. The molecule has 1 heteroatoms. The summed E-state index contributed by atoms with van der Waals surface area (Å²) in [5, 5.41) is 3.47. The summed E-state index contributed by atoms with van der Waals surface area (Å²) in [5.74, 6) is 0.718. The number of rotatable bonds is 3. The summed E-state index contributed by atoms with van der Waals surface area (Å²) in [7, 11) is 0. The first-order valence-corrected chi connectivity index (χ1v) is 7.68. The van der Waals surface area contributed by atoms with Crippen LogP contribution < -0.4 is 5.32 Å². The minimum Gasteiger partial charge on any atom is -0.385 e. The molecule has 0 aromatic heterocycles. The molecule has 1 aliphatic heterocycles. The van der Waals surface area contributed by atoms with Crippen molar-refractivity contribution in [2.75, 3.05) is 11.9 Å². The molecule has 1 heterocycles. The van der Waals surface area contributed by atoms with Crippen LogP contribution in [0.25, 0.3) is 11.1 Å². The van der Waals surface area contributed by atoms with Gasteiger partial charge < -0.3 is 5.32 Å². The second-order valence-corrected chi connectivity index (χ2v) is 6.20. The third-order valence-corrected chi connectivity index (χ3v) is 3.97. The standard InChI is InChI=1S/C19H23N/c1-14(2)12-15-5-7-16(8-6-15)17-9-10-19-18(13-17)4-3-11-20-19/h5-10,13-14,20H,3-4,11-12H2,1-2H3. The van der Waals surface area contributed by atoms with E-state index in [4.69, 9.17) is 0 Å². The molecule has 2 aromatic carbocycles. The molecular weight excluding hydrogens is 242 g/mol. The Bertz CT molecular complexity index is 581. The van der Waals surface area contributed by atoms with Crippen molar-refractivity contribution in [2.24, 2.45) is 5.92 Å². The predicted octanol–water partition coefficient (Wildman–Crippen LogP) is 4.91. The van der Waals surface area contributed by atoms with Gasteiger partial charge in [-0.25, -0.2) is 0 Å². The van der Waals surface area contributed by atoms with Crippen molar-refractivity contribution in [2.45, 2.75) is 33.1 Å². The lowest BCUT2D eigenvalue weighted by Crippen LogP contribution is -2.11. The Labute approximate surface area is 122 Å². The van der Waals surface area contributed by atoms with Crippen molar-refractivity contribution in [3.05, 3.63) is 53.6 Å². The number of hydrogen-bond acceptors (Lipinski definition) is 1. The molecule has 0 unspecified atom stereocenters. The monoisotopic (exact) mass is 265 g/mol. The van der Waals surface area contributed by atoms with E-state index >= 15 is 0 Å². The summed E-state index contributed by atoms with van der Waals surface area (Å²) >= 11 is 0. The van der Waals surface area contributed by atoms with Crippen LogP contribution in [0.3, 0.4) is 0 Å². The second kappa shape index (κ2) is 5.70. The summed E-state index contributed by atoms with van der Waals surface area (Å²) in [5.41, 5.74) is 6.87. The minimum absolute atomic E-state index is 0.718. The zero-order valence-electron chi connectivity index (χ0n) is 12.4. The van der Waals surface area contributed by atoms with Gasteiger partial charge in [-0.2, -0.15) is 0 Å². The molecule has 0 fully saturated rings. The molecule has 0 saturated heterocycles. The number of aryl methyl sites for hydroxylation is 1. The van der Waals surface area contributed by atoms with Gasteiger partial charge in [0.1, 0.15) is 0 Å². The molecule has 1 N–H and O–H groups in total. The fourth-order valence-electron chi connectivity index (χ4n) is 2.96. The molecule has 0 spiro atoms. The van der Waals surface area contributed by atoms with Gasteiger partial charge in [0.25, 0.3) is 0 Å². The van der Waals surface area contributed by atoms with E-state index in [2.05, 4.69) is 61.6 Å². The third-order valence-electron chi connectivity index (χ3n) is 3.97. The predicted molar refractivity (Wildman–Crippen MR) is 87.2 cm³/mol. The number of benzene rings is 2. The number of fused-ring (bicyclic) bond motifs is 1. The van der Waals surface area contributed by atoms with Crippen molar-refractivity contribution in [3.8, 4) is 11.1 Å². The molecule has 0 radical (unpaired) electrons. The Morgan fingerprint density at radius 2 is 1.75 bits per heavy atom. The Morgan fingerprint density at radius 1 is 1.00 bits per heavy atom. The van der Waals surface area contributed by atoms with Gasteiger partial charge in [0.05, 0.1) is 0 Å². The maximum absolute atomic E-state index is 3.47. The molecule has 0 aliphatic carbocycles. The summed E-state index contributed by atoms with van der Waals surface area (Å²) in [6, 6.07) is 15.9. The molecule has 20 heavy (non-hydrogen) atoms. The Hall–Kier alpha value is -1.76. The molecule has 2 aromatic rings. The molecule has 3 rings (SSSR count). The van der Waals surface area contributed by atoms with Crippen molar-refractivity contribution >= 4 is 5.69 Å². The van der Waals surface area contributed by atoms with Gasteiger partial charge in [0, 0.05) is 12.2 Å². The van der Waals surface area contributed by atoms with Gasteiger partial charge in [0.15, 0.2) is 0 Å². The lowest BCUT2D eigenvalue weighted by Gasteiger charge is -2.18. The van der Waals surface area contributed by atoms with Gasteiger partial charge in [-0.05, 0) is 59.6 Å². The zero-order chi connectivity index (χ0) is 13.9. The van der Waals surface area contributed by atoms with Crippen LogP contribution in [0, 0.1) is 5.92 Å². The van der Waals surface area contributed by atoms with E-state index in [0.717, 1.165) is 18.9 Å². The SMILES string of the molecule is CC(C)Cc1ccc(-c2ccc3c(c2)CCCN3)cc1. The van der Waals surface area contributed by atoms with Crippen molar-refractivity contribution in [1.29, 1.82) is 0 Å². The van der Waals surface area contributed by atoms with Gasteiger partial charge >= 0.3 is 0 Å². The number of anilines is 1. The lowest BCUT2D eigenvalue weighted by molar-refractivity contribution is 0.647. The van der Waals surface area contributed by atoms with E-state index in [-0.39, 0.29) is 0 Å². The topological polar surface area (TPSA) is 12.0 Å². The highest BCUT2D eigenvalue weighted by atomic mass is 14.9. The molecular formula is C19H23N. The van der Waals surface area contributed by atoms with Gasteiger partial charge in [-0.3, -0.25) is 0 Å². The normalized spacial score (nSPS) is 13.9. The van der Waals surface area contributed by atoms with Crippen molar-refractivity contribution in [3.63, 3.8) is 0 Å². The van der Waals surface area contributed by atoms with Crippen LogP contribution in [-0.2, 0) is 12.8 Å². The fraction of sp³-hybridized carbons (Fsp3) is 0.368. The lowest BCUT2D eigenvalue weighted by atomic mass is 9.95. The molecule has 0 amide bonds. The average molecular weight is 265 g/mol. The minimum atomic E-state index is 0.718. The quantitative estimate of drug-likeness (QED) is 0.831. The maximum atomic E-state index is 3.47. The second-order valence-electron chi connectivity index (χ2n) is 6.20. The molecule has 1 nitrogen and oxygen atoms in total. The summed E-state index contributed by atoms with van der Waals surface area (Å²) < 4.78 is 0. The molecule has 0 atom stereocenters. The van der Waals surface area contributed by atoms with Crippen LogP contribution in [0.4, 0.5) is 5.69 Å². The third kappa shape index (κ3) is 2.87. The van der Waals surface area contributed by atoms with Crippen LogP contribution >= 0.6 is 0 Å². The average Bonchev–Trinajstić information content (AvgIpc) is 2.47. The van der Waals surface area contributed by atoms with Crippen LogP contribution in [-0.4, -0.2) is 6.54 Å².